The Labute approximate surface area is 146 Å². The first-order valence-electron chi connectivity index (χ1n) is 8.16. The molecule has 24 heavy (non-hydrogen) atoms. The van der Waals surface area contributed by atoms with Crippen LogP contribution < -0.4 is 4.90 Å². The number of anilines is 1. The molecule has 1 aliphatic heterocycles. The minimum Gasteiger partial charge on any atom is -0.337 e. The van der Waals surface area contributed by atoms with Crippen LogP contribution in [0.2, 0.25) is 0 Å². The molecule has 3 rings (SSSR count). The third kappa shape index (κ3) is 2.76. The molecule has 0 radical (unpaired) electrons. The fourth-order valence-electron chi connectivity index (χ4n) is 2.96. The lowest BCUT2D eigenvalue weighted by Gasteiger charge is -2.24. The maximum atomic E-state index is 13.0. The molecule has 0 aliphatic carbocycles. The van der Waals surface area contributed by atoms with Gasteiger partial charge in [-0.05, 0) is 36.9 Å². The number of amides is 2. The first-order valence-corrected chi connectivity index (χ1v) is 9.03. The summed E-state index contributed by atoms with van der Waals surface area (Å²) in [5.41, 5.74) is 1.93. The number of para-hydroxylation sites is 1. The standard InChI is InChI=1S/C19H20N2O2S/c1-3-12-21-18(22)16(15-11-8-13-24-15)17(19(21)23)20(4-2)14-9-6-5-7-10-14/h5-11,13H,3-4,12H2,1-2H3. The zero-order valence-corrected chi connectivity index (χ0v) is 14.7. The van der Waals surface area contributed by atoms with Gasteiger partial charge in [-0.3, -0.25) is 14.5 Å². The van der Waals surface area contributed by atoms with Crippen LogP contribution in [0.15, 0.2) is 53.5 Å². The van der Waals surface area contributed by atoms with Crippen molar-refractivity contribution in [2.75, 3.05) is 18.0 Å². The zero-order chi connectivity index (χ0) is 17.1. The Hall–Kier alpha value is -2.40. The number of thiophene rings is 1. The summed E-state index contributed by atoms with van der Waals surface area (Å²) < 4.78 is 0. The lowest BCUT2D eigenvalue weighted by molar-refractivity contribution is -0.136. The van der Waals surface area contributed by atoms with Crippen molar-refractivity contribution in [2.45, 2.75) is 20.3 Å². The third-order valence-electron chi connectivity index (χ3n) is 4.01. The fraction of sp³-hybridized carbons (Fsp3) is 0.263. The molecule has 0 atom stereocenters. The van der Waals surface area contributed by atoms with E-state index in [0.717, 1.165) is 17.0 Å². The molecule has 5 heteroatoms. The summed E-state index contributed by atoms with van der Waals surface area (Å²) in [6.07, 6.45) is 0.750. The second-order valence-electron chi connectivity index (χ2n) is 5.54. The molecule has 2 aromatic rings. The minimum atomic E-state index is -0.198. The summed E-state index contributed by atoms with van der Waals surface area (Å²) in [5.74, 6) is -0.385. The van der Waals surface area contributed by atoms with Gasteiger partial charge >= 0.3 is 0 Å². The van der Waals surface area contributed by atoms with Crippen molar-refractivity contribution in [3.63, 3.8) is 0 Å². The van der Waals surface area contributed by atoms with Crippen molar-refractivity contribution in [2.24, 2.45) is 0 Å². The highest BCUT2D eigenvalue weighted by atomic mass is 32.1. The Morgan fingerprint density at radius 2 is 1.75 bits per heavy atom. The van der Waals surface area contributed by atoms with Crippen molar-refractivity contribution >= 4 is 34.4 Å². The van der Waals surface area contributed by atoms with E-state index in [4.69, 9.17) is 0 Å². The summed E-state index contributed by atoms with van der Waals surface area (Å²) in [7, 11) is 0. The molecule has 0 fully saturated rings. The molecule has 0 bridgehead atoms. The van der Waals surface area contributed by atoms with Gasteiger partial charge in [0.1, 0.15) is 5.70 Å². The number of rotatable bonds is 6. The predicted octanol–water partition coefficient (Wildman–Crippen LogP) is 3.76. The molecule has 0 N–H and O–H groups in total. The summed E-state index contributed by atoms with van der Waals surface area (Å²) in [6.45, 7) is 5.03. The summed E-state index contributed by atoms with van der Waals surface area (Å²) >= 11 is 1.49. The second kappa shape index (κ2) is 7.01. The van der Waals surface area contributed by atoms with Gasteiger partial charge in [0, 0.05) is 23.7 Å². The first-order chi connectivity index (χ1) is 11.7. The van der Waals surface area contributed by atoms with E-state index in [9.17, 15) is 9.59 Å². The molecule has 4 nitrogen and oxygen atoms in total. The van der Waals surface area contributed by atoms with Crippen LogP contribution in [0.1, 0.15) is 25.1 Å². The van der Waals surface area contributed by atoms with Gasteiger partial charge < -0.3 is 4.90 Å². The Kier molecular flexibility index (Phi) is 4.81. The molecule has 2 heterocycles. The lowest BCUT2D eigenvalue weighted by Crippen LogP contribution is -2.35. The largest absolute Gasteiger partial charge is 0.337 e. The minimum absolute atomic E-state index is 0.186. The normalized spacial score (nSPS) is 14.7. The lowest BCUT2D eigenvalue weighted by atomic mass is 10.1. The number of hydrogen-bond donors (Lipinski definition) is 0. The van der Waals surface area contributed by atoms with Gasteiger partial charge in [-0.25, -0.2) is 0 Å². The van der Waals surface area contributed by atoms with Gasteiger partial charge in [-0.15, -0.1) is 11.3 Å². The molecule has 1 aromatic carbocycles. The van der Waals surface area contributed by atoms with Gasteiger partial charge in [0.25, 0.3) is 11.8 Å². The van der Waals surface area contributed by atoms with Crippen LogP contribution in [0.4, 0.5) is 5.69 Å². The van der Waals surface area contributed by atoms with Crippen LogP contribution in [0.5, 0.6) is 0 Å². The smallest absolute Gasteiger partial charge is 0.278 e. The third-order valence-corrected chi connectivity index (χ3v) is 4.90. The molecular formula is C19H20N2O2S. The molecule has 1 aromatic heterocycles. The molecule has 0 saturated carbocycles. The van der Waals surface area contributed by atoms with E-state index >= 15 is 0 Å². The SMILES string of the molecule is CCCN1C(=O)C(c2cccs2)=C(N(CC)c2ccccc2)C1=O. The maximum Gasteiger partial charge on any atom is 0.278 e. The van der Waals surface area contributed by atoms with E-state index < -0.39 is 0 Å². The van der Waals surface area contributed by atoms with E-state index in [-0.39, 0.29) is 11.8 Å². The van der Waals surface area contributed by atoms with Gasteiger partial charge in [-0.2, -0.15) is 0 Å². The van der Waals surface area contributed by atoms with Crippen LogP contribution in [0.3, 0.4) is 0 Å². The Morgan fingerprint density at radius 3 is 2.33 bits per heavy atom. The topological polar surface area (TPSA) is 40.6 Å². The predicted molar refractivity (Wildman–Crippen MR) is 97.7 cm³/mol. The van der Waals surface area contributed by atoms with Crippen LogP contribution in [-0.2, 0) is 9.59 Å². The fourth-order valence-corrected chi connectivity index (χ4v) is 3.72. The quantitative estimate of drug-likeness (QED) is 0.752. The highest BCUT2D eigenvalue weighted by molar-refractivity contribution is 7.11. The molecule has 124 valence electrons. The molecule has 0 unspecified atom stereocenters. The van der Waals surface area contributed by atoms with Crippen molar-refractivity contribution in [3.05, 3.63) is 58.4 Å². The summed E-state index contributed by atoms with van der Waals surface area (Å²) in [6, 6.07) is 13.6. The van der Waals surface area contributed by atoms with E-state index in [1.165, 1.54) is 16.2 Å². The number of carbonyl (C=O) groups is 2. The molecule has 1 aliphatic rings. The molecule has 0 spiro atoms. The van der Waals surface area contributed by atoms with Gasteiger partial charge in [-0.1, -0.05) is 31.2 Å². The van der Waals surface area contributed by atoms with Gasteiger partial charge in [0.05, 0.1) is 5.57 Å². The maximum absolute atomic E-state index is 13.0. The first kappa shape index (κ1) is 16.5. The Morgan fingerprint density at radius 1 is 1.00 bits per heavy atom. The monoisotopic (exact) mass is 340 g/mol. The number of likely N-dealkylation sites (N-methyl/N-ethyl adjacent to an activating group) is 1. The van der Waals surface area contributed by atoms with Crippen molar-refractivity contribution in [3.8, 4) is 0 Å². The Bertz CT molecular complexity index is 766. The van der Waals surface area contributed by atoms with E-state index in [2.05, 4.69) is 0 Å². The van der Waals surface area contributed by atoms with Crippen molar-refractivity contribution in [1.29, 1.82) is 0 Å². The molecule has 0 saturated heterocycles. The Balaban J connectivity index is 2.15. The number of imide groups is 1. The highest BCUT2D eigenvalue weighted by Gasteiger charge is 2.41. The number of hydrogen-bond acceptors (Lipinski definition) is 4. The van der Waals surface area contributed by atoms with E-state index in [0.29, 0.717) is 24.4 Å². The van der Waals surface area contributed by atoms with Crippen molar-refractivity contribution < 1.29 is 9.59 Å². The van der Waals surface area contributed by atoms with Crippen molar-refractivity contribution in [1.82, 2.24) is 4.90 Å². The van der Waals surface area contributed by atoms with E-state index in [1.54, 1.807) is 0 Å². The number of carbonyl (C=O) groups excluding carboxylic acids is 2. The van der Waals surface area contributed by atoms with E-state index in [1.807, 2.05) is 66.6 Å². The average molecular weight is 340 g/mol. The number of nitrogens with zero attached hydrogens (tertiary/aromatic N) is 2. The van der Waals surface area contributed by atoms with Crippen LogP contribution in [0.25, 0.3) is 5.57 Å². The zero-order valence-electron chi connectivity index (χ0n) is 13.9. The average Bonchev–Trinajstić information content (AvgIpc) is 3.20. The second-order valence-corrected chi connectivity index (χ2v) is 6.49. The van der Waals surface area contributed by atoms with Gasteiger partial charge in [0.2, 0.25) is 0 Å². The van der Waals surface area contributed by atoms with Gasteiger partial charge in [0.15, 0.2) is 0 Å². The number of benzene rings is 1. The van der Waals surface area contributed by atoms with Crippen LogP contribution in [0, 0.1) is 0 Å². The highest BCUT2D eigenvalue weighted by Crippen LogP contribution is 2.35. The van der Waals surface area contributed by atoms with Crippen LogP contribution >= 0.6 is 11.3 Å². The van der Waals surface area contributed by atoms with Crippen LogP contribution in [-0.4, -0.2) is 29.8 Å². The summed E-state index contributed by atoms with van der Waals surface area (Å²) in [4.78, 5) is 30.0. The molecular weight excluding hydrogens is 320 g/mol. The summed E-state index contributed by atoms with van der Waals surface area (Å²) in [5, 5.41) is 1.93. The molecule has 2 amide bonds.